The molecular formula is C25H35BrN2O6. The Balaban J connectivity index is 1.39. The molecule has 1 saturated carbocycles. The number of halogens is 1. The molecule has 2 heterocycles. The minimum atomic E-state index is -0.792. The van der Waals surface area contributed by atoms with Crippen molar-refractivity contribution in [1.82, 2.24) is 10.2 Å². The Labute approximate surface area is 209 Å². The van der Waals surface area contributed by atoms with E-state index >= 15 is 0 Å². The molecule has 1 aliphatic carbocycles. The molecule has 3 fully saturated rings. The zero-order valence-electron chi connectivity index (χ0n) is 19.9. The van der Waals surface area contributed by atoms with Gasteiger partial charge in [-0.25, -0.2) is 0 Å². The van der Waals surface area contributed by atoms with Crippen molar-refractivity contribution < 1.29 is 28.9 Å². The van der Waals surface area contributed by atoms with E-state index in [-0.39, 0.29) is 49.5 Å². The fourth-order valence-electron chi connectivity index (χ4n) is 5.16. The van der Waals surface area contributed by atoms with Gasteiger partial charge in [0.2, 0.25) is 11.8 Å². The second kappa shape index (κ2) is 10.9. The molecular weight excluding hydrogens is 504 g/mol. The lowest BCUT2D eigenvalue weighted by Crippen LogP contribution is -2.53. The van der Waals surface area contributed by atoms with Gasteiger partial charge >= 0.3 is 0 Å². The average molecular weight is 539 g/mol. The van der Waals surface area contributed by atoms with E-state index in [2.05, 4.69) is 21.2 Å². The van der Waals surface area contributed by atoms with Crippen LogP contribution in [0.4, 0.5) is 0 Å². The molecule has 2 saturated heterocycles. The quantitative estimate of drug-likeness (QED) is 0.528. The summed E-state index contributed by atoms with van der Waals surface area (Å²) in [6.07, 6.45) is 4.15. The van der Waals surface area contributed by atoms with Crippen LogP contribution in [-0.2, 0) is 19.1 Å². The number of carbonyl (C=O) groups is 2. The molecule has 9 heteroatoms. The number of amides is 2. The fourth-order valence-corrected chi connectivity index (χ4v) is 5.53. The third-order valence-corrected chi connectivity index (χ3v) is 7.35. The maximum absolute atomic E-state index is 13.4. The van der Waals surface area contributed by atoms with Gasteiger partial charge in [-0.2, -0.15) is 0 Å². The fraction of sp³-hybridized carbons (Fsp3) is 0.680. The average Bonchev–Trinajstić information content (AvgIpc) is 3.30. The Morgan fingerprint density at radius 3 is 2.74 bits per heavy atom. The van der Waals surface area contributed by atoms with Crippen LogP contribution in [0.25, 0.3) is 0 Å². The van der Waals surface area contributed by atoms with Crippen LogP contribution in [0.2, 0.25) is 0 Å². The van der Waals surface area contributed by atoms with Crippen molar-refractivity contribution in [3.05, 3.63) is 28.7 Å². The van der Waals surface area contributed by atoms with Gasteiger partial charge in [0, 0.05) is 22.9 Å². The van der Waals surface area contributed by atoms with Gasteiger partial charge in [0.05, 0.1) is 19.8 Å². The molecule has 2 N–H and O–H groups in total. The lowest BCUT2D eigenvalue weighted by molar-refractivity contribution is -0.171. The second-order valence-corrected chi connectivity index (χ2v) is 10.9. The Hall–Kier alpha value is -1.68. The van der Waals surface area contributed by atoms with Gasteiger partial charge in [-0.3, -0.25) is 9.59 Å². The lowest BCUT2D eigenvalue weighted by atomic mass is 9.88. The summed E-state index contributed by atoms with van der Waals surface area (Å²) in [4.78, 5) is 28.4. The number of hydrogen-bond acceptors (Lipinski definition) is 6. The highest BCUT2D eigenvalue weighted by atomic mass is 79.9. The number of benzene rings is 1. The van der Waals surface area contributed by atoms with Crippen LogP contribution in [0.5, 0.6) is 5.75 Å². The smallest absolute Gasteiger partial charge is 0.245 e. The summed E-state index contributed by atoms with van der Waals surface area (Å²) in [5.41, 5.74) is 0. The highest BCUT2D eigenvalue weighted by Crippen LogP contribution is 2.38. The van der Waals surface area contributed by atoms with Crippen molar-refractivity contribution >= 4 is 27.7 Å². The number of rotatable bonds is 8. The van der Waals surface area contributed by atoms with Crippen molar-refractivity contribution in [2.45, 2.75) is 70.0 Å². The van der Waals surface area contributed by atoms with E-state index in [1.54, 1.807) is 4.90 Å². The van der Waals surface area contributed by atoms with Gasteiger partial charge < -0.3 is 29.5 Å². The molecule has 3 aliphatic rings. The van der Waals surface area contributed by atoms with Gasteiger partial charge in [-0.05, 0) is 44.9 Å². The maximum atomic E-state index is 13.4. The number of fused-ring (bicyclic) bond motifs is 1. The molecule has 4 atom stereocenters. The first-order chi connectivity index (χ1) is 16.3. The largest absolute Gasteiger partial charge is 0.493 e. The van der Waals surface area contributed by atoms with E-state index in [1.807, 2.05) is 38.1 Å². The van der Waals surface area contributed by atoms with Crippen LogP contribution in [0, 0.1) is 11.8 Å². The van der Waals surface area contributed by atoms with Gasteiger partial charge in [-0.15, -0.1) is 0 Å². The van der Waals surface area contributed by atoms with E-state index < -0.39 is 17.9 Å². The number of likely N-dealkylation sites (tertiary alicyclic amines) is 1. The van der Waals surface area contributed by atoms with Crippen molar-refractivity contribution in [1.29, 1.82) is 0 Å². The minimum Gasteiger partial charge on any atom is -0.493 e. The highest BCUT2D eigenvalue weighted by Gasteiger charge is 2.56. The maximum Gasteiger partial charge on any atom is 0.245 e. The van der Waals surface area contributed by atoms with Crippen LogP contribution >= 0.6 is 15.9 Å². The summed E-state index contributed by atoms with van der Waals surface area (Å²) < 4.78 is 18.8. The molecule has 188 valence electrons. The lowest BCUT2D eigenvalue weighted by Gasteiger charge is -2.33. The molecule has 0 radical (unpaired) electrons. The molecule has 2 amide bonds. The predicted molar refractivity (Wildman–Crippen MR) is 129 cm³/mol. The first-order valence-electron chi connectivity index (χ1n) is 12.2. The van der Waals surface area contributed by atoms with Gasteiger partial charge in [0.1, 0.15) is 24.0 Å². The molecule has 0 unspecified atom stereocenters. The SMILES string of the molecule is CC1(C)O[C@H]2[C@H](CN(C(=O)C3CCCCC3)[C@@H]2C(=O)NC[C@@H](CO)COc2cccc(Br)c2)O1. The summed E-state index contributed by atoms with van der Waals surface area (Å²) >= 11 is 3.41. The van der Waals surface area contributed by atoms with E-state index in [0.29, 0.717) is 12.3 Å². The Kier molecular flexibility index (Phi) is 8.17. The molecule has 2 aliphatic heterocycles. The highest BCUT2D eigenvalue weighted by molar-refractivity contribution is 9.10. The van der Waals surface area contributed by atoms with Crippen LogP contribution in [0.1, 0.15) is 46.0 Å². The Bertz CT molecular complexity index is 875. The van der Waals surface area contributed by atoms with Crippen molar-refractivity contribution in [3.63, 3.8) is 0 Å². The third kappa shape index (κ3) is 5.93. The van der Waals surface area contributed by atoms with Crippen molar-refractivity contribution in [3.8, 4) is 5.75 Å². The van der Waals surface area contributed by atoms with Crippen molar-refractivity contribution in [2.75, 3.05) is 26.3 Å². The molecule has 1 aromatic rings. The molecule has 8 nitrogen and oxygen atoms in total. The first-order valence-corrected chi connectivity index (χ1v) is 13.0. The van der Waals surface area contributed by atoms with Crippen LogP contribution in [0.15, 0.2) is 28.7 Å². The van der Waals surface area contributed by atoms with E-state index in [4.69, 9.17) is 14.2 Å². The normalized spacial score (nSPS) is 27.3. The van der Waals surface area contributed by atoms with Crippen LogP contribution in [-0.4, -0.2) is 72.2 Å². The zero-order chi connectivity index (χ0) is 24.3. The van der Waals surface area contributed by atoms with E-state index in [1.165, 1.54) is 0 Å². The molecule has 0 spiro atoms. The number of hydrogen-bond donors (Lipinski definition) is 2. The third-order valence-electron chi connectivity index (χ3n) is 6.86. The number of carbonyl (C=O) groups excluding carboxylic acids is 2. The van der Waals surface area contributed by atoms with Gasteiger partial charge in [0.25, 0.3) is 0 Å². The minimum absolute atomic E-state index is 0.0240. The van der Waals surface area contributed by atoms with Gasteiger partial charge in [-0.1, -0.05) is 41.3 Å². The number of aliphatic hydroxyl groups is 1. The van der Waals surface area contributed by atoms with E-state index in [9.17, 15) is 14.7 Å². The molecule has 0 aromatic heterocycles. The Morgan fingerprint density at radius 2 is 2.03 bits per heavy atom. The molecule has 34 heavy (non-hydrogen) atoms. The summed E-state index contributed by atoms with van der Waals surface area (Å²) in [6, 6.07) is 6.72. The number of nitrogens with one attached hydrogen (secondary N) is 1. The first kappa shape index (κ1) is 25.4. The Morgan fingerprint density at radius 1 is 1.26 bits per heavy atom. The van der Waals surface area contributed by atoms with Crippen LogP contribution < -0.4 is 10.1 Å². The summed E-state index contributed by atoms with van der Waals surface area (Å²) in [7, 11) is 0. The topological polar surface area (TPSA) is 97.3 Å². The summed E-state index contributed by atoms with van der Waals surface area (Å²) in [5.74, 6) is -0.700. The van der Waals surface area contributed by atoms with Crippen LogP contribution in [0.3, 0.4) is 0 Å². The van der Waals surface area contributed by atoms with Gasteiger partial charge in [0.15, 0.2) is 5.79 Å². The number of nitrogens with zero attached hydrogens (tertiary/aromatic N) is 1. The summed E-state index contributed by atoms with van der Waals surface area (Å²) in [5, 5.41) is 12.7. The second-order valence-electron chi connectivity index (χ2n) is 9.97. The van der Waals surface area contributed by atoms with E-state index in [0.717, 1.165) is 36.6 Å². The summed E-state index contributed by atoms with van der Waals surface area (Å²) in [6.45, 7) is 4.36. The standard InChI is InChI=1S/C25H35BrN2O6/c1-25(2)33-20-13-28(24(31)17-7-4-3-5-8-17)21(22(20)34-25)23(30)27-12-16(14-29)15-32-19-10-6-9-18(26)11-19/h6,9-11,16-17,20-22,29H,3-5,7-8,12-15H2,1-2H3,(H,27,30)/t16-,20-,21-,22-/m0/s1. The van der Waals surface area contributed by atoms with Crippen molar-refractivity contribution in [2.24, 2.45) is 11.8 Å². The molecule has 0 bridgehead atoms. The zero-order valence-corrected chi connectivity index (χ0v) is 21.5. The molecule has 4 rings (SSSR count). The monoisotopic (exact) mass is 538 g/mol. The predicted octanol–water partition coefficient (Wildman–Crippen LogP) is 2.86. The number of ether oxygens (including phenoxy) is 3. The molecule has 1 aromatic carbocycles. The number of aliphatic hydroxyl groups excluding tert-OH is 1.